The van der Waals surface area contributed by atoms with Crippen LogP contribution in [0.4, 0.5) is 24.7 Å². The fourth-order valence-corrected chi connectivity index (χ4v) is 4.57. The van der Waals surface area contributed by atoms with E-state index in [-0.39, 0.29) is 40.3 Å². The highest BCUT2D eigenvalue weighted by molar-refractivity contribution is 8.00. The van der Waals surface area contributed by atoms with E-state index in [1.54, 1.807) is 30.0 Å². The number of carbonyl (C=O) groups excluding carboxylic acids is 1. The lowest BCUT2D eigenvalue weighted by molar-refractivity contribution is -0.0328. The maximum Gasteiger partial charge on any atom is 0.446 e. The molecule has 1 amide bonds. The first kappa shape index (κ1) is 21.8. The molecule has 0 saturated carbocycles. The Morgan fingerprint density at radius 3 is 2.85 bits per heavy atom. The first-order valence-corrected chi connectivity index (χ1v) is 10.7. The third kappa shape index (κ3) is 3.63. The van der Waals surface area contributed by atoms with E-state index in [0.29, 0.717) is 27.9 Å². The number of nitrogen functional groups attached to an aromatic ring is 1. The zero-order valence-electron chi connectivity index (χ0n) is 17.5. The highest BCUT2D eigenvalue weighted by atomic mass is 32.2. The number of anilines is 1. The van der Waals surface area contributed by atoms with Gasteiger partial charge < -0.3 is 15.4 Å². The first-order valence-electron chi connectivity index (χ1n) is 9.88. The quantitative estimate of drug-likeness (QED) is 0.331. The summed E-state index contributed by atoms with van der Waals surface area (Å²) in [6, 6.07) is 6.74. The number of hydrogen-bond donors (Lipinski definition) is 1. The summed E-state index contributed by atoms with van der Waals surface area (Å²) in [6.07, 6.45) is 3.10. The summed E-state index contributed by atoms with van der Waals surface area (Å²) in [7, 11) is 1.57. The Labute approximate surface area is 195 Å². The number of hydrogen-bond acceptors (Lipinski definition) is 6. The molecule has 172 valence electrons. The number of alkyl halides is 3. The fraction of sp³-hybridized carbons (Fsp3) is 0.182. The number of halogens is 3. The molecule has 2 aromatic heterocycles. The van der Waals surface area contributed by atoms with Gasteiger partial charge in [-0.15, -0.1) is 0 Å². The van der Waals surface area contributed by atoms with Crippen LogP contribution < -0.4 is 10.5 Å². The summed E-state index contributed by atoms with van der Waals surface area (Å²) in [5, 5.41) is 0. The second-order valence-corrected chi connectivity index (χ2v) is 8.74. The summed E-state index contributed by atoms with van der Waals surface area (Å²) in [5.74, 6) is 0.107. The molecule has 3 heterocycles. The van der Waals surface area contributed by atoms with E-state index in [0.717, 1.165) is 0 Å². The van der Waals surface area contributed by atoms with Crippen LogP contribution in [0.2, 0.25) is 0 Å². The average Bonchev–Trinajstić information content (AvgIpc) is 3.44. The number of ether oxygens (including phenoxy) is 1. The van der Waals surface area contributed by atoms with Crippen molar-refractivity contribution in [3.8, 4) is 5.75 Å². The number of thioether (sulfide) groups is 1. The van der Waals surface area contributed by atoms with E-state index >= 15 is 0 Å². The topological polar surface area (TPSA) is 90.1 Å². The van der Waals surface area contributed by atoms with Crippen molar-refractivity contribution in [2.75, 3.05) is 19.4 Å². The third-order valence-corrected chi connectivity index (χ3v) is 6.33. The van der Waals surface area contributed by atoms with Gasteiger partial charge in [0.1, 0.15) is 23.7 Å². The molecule has 5 rings (SSSR count). The molecule has 0 saturated heterocycles. The van der Waals surface area contributed by atoms with E-state index in [9.17, 15) is 18.0 Å². The Kier molecular flexibility index (Phi) is 5.02. The number of likely N-dealkylation sites (N-methyl/N-ethyl adjacent to an activating group) is 1. The van der Waals surface area contributed by atoms with Crippen LogP contribution in [-0.2, 0) is 0 Å². The van der Waals surface area contributed by atoms with Gasteiger partial charge in [0.15, 0.2) is 0 Å². The number of rotatable bonds is 3. The second kappa shape index (κ2) is 7.81. The molecule has 0 bridgehead atoms. The Hall–Kier alpha value is -3.98. The Morgan fingerprint density at radius 1 is 1.32 bits per heavy atom. The summed E-state index contributed by atoms with van der Waals surface area (Å²) >= 11 is -0.228. The van der Waals surface area contributed by atoms with E-state index in [1.165, 1.54) is 29.2 Å². The lowest BCUT2D eigenvalue weighted by Crippen LogP contribution is -2.32. The molecule has 8 nitrogen and oxygen atoms in total. The molecule has 1 aliphatic rings. The molecule has 12 heteroatoms. The average molecular weight is 484 g/mol. The minimum absolute atomic E-state index is 0.00169. The minimum Gasteiger partial charge on any atom is -0.491 e. The first-order chi connectivity index (χ1) is 16.2. The van der Waals surface area contributed by atoms with Crippen LogP contribution in [0.25, 0.3) is 21.4 Å². The van der Waals surface area contributed by atoms with Crippen LogP contribution in [0.1, 0.15) is 22.0 Å². The standard InChI is InChI=1S/C22H15F3N6O2S/c1-27-14-7-15-16(31-10-28-8-17(31)20(26)29-15)6-13(14)21(32)30(2)18-9-33-19-5-11(3-4-12(18)19)34-22(23,24)25/h3-8,10,18H,9H2,2H3,(H2,26,29)/t18-/m1/s1. The minimum atomic E-state index is -4.41. The molecule has 0 radical (unpaired) electrons. The third-order valence-electron chi connectivity index (χ3n) is 5.61. The number of fused-ring (bicyclic) bond motifs is 4. The Morgan fingerprint density at radius 2 is 2.12 bits per heavy atom. The number of nitrogens with two attached hydrogens (primary N) is 1. The predicted octanol–water partition coefficient (Wildman–Crippen LogP) is 4.83. The molecule has 0 unspecified atom stereocenters. The second-order valence-electron chi connectivity index (χ2n) is 7.61. The lowest BCUT2D eigenvalue weighted by Gasteiger charge is -2.24. The maximum atomic E-state index is 13.5. The lowest BCUT2D eigenvalue weighted by atomic mass is 10.0. The smallest absolute Gasteiger partial charge is 0.446 e. The van der Waals surface area contributed by atoms with Crippen LogP contribution in [-0.4, -0.2) is 44.3 Å². The molecule has 2 N–H and O–H groups in total. The van der Waals surface area contributed by atoms with Crippen molar-refractivity contribution in [2.24, 2.45) is 0 Å². The van der Waals surface area contributed by atoms with E-state index in [2.05, 4.69) is 14.8 Å². The summed E-state index contributed by atoms with van der Waals surface area (Å²) in [6.45, 7) is 7.65. The molecule has 4 aromatic rings. The fourth-order valence-electron chi connectivity index (χ4n) is 4.00. The van der Waals surface area contributed by atoms with E-state index in [4.69, 9.17) is 17.0 Å². The monoisotopic (exact) mass is 484 g/mol. The number of aromatic nitrogens is 3. The van der Waals surface area contributed by atoms with Gasteiger partial charge >= 0.3 is 5.51 Å². The summed E-state index contributed by atoms with van der Waals surface area (Å²) in [5.41, 5.74) is 3.99. The predicted molar refractivity (Wildman–Crippen MR) is 120 cm³/mol. The van der Waals surface area contributed by atoms with Gasteiger partial charge in [-0.3, -0.25) is 9.20 Å². The van der Waals surface area contributed by atoms with Crippen molar-refractivity contribution < 1.29 is 22.7 Å². The number of amides is 1. The van der Waals surface area contributed by atoms with Crippen LogP contribution >= 0.6 is 11.8 Å². The SMILES string of the molecule is [C-]#[N+]c1cc2nc(N)c3cncn3c2cc1C(=O)N(C)[C@@H]1COc2cc(SC(F)(F)F)ccc21. The van der Waals surface area contributed by atoms with Gasteiger partial charge in [-0.2, -0.15) is 13.2 Å². The maximum absolute atomic E-state index is 13.5. The van der Waals surface area contributed by atoms with Gasteiger partial charge in [0.25, 0.3) is 0 Å². The number of nitrogens with zero attached hydrogens (tertiary/aromatic N) is 5. The van der Waals surface area contributed by atoms with E-state index in [1.807, 2.05) is 0 Å². The van der Waals surface area contributed by atoms with Crippen molar-refractivity contribution in [2.45, 2.75) is 16.4 Å². The van der Waals surface area contributed by atoms with E-state index < -0.39 is 17.5 Å². The number of carbonyl (C=O) groups is 1. The van der Waals surface area contributed by atoms with Crippen molar-refractivity contribution in [3.63, 3.8) is 0 Å². The van der Waals surface area contributed by atoms with Gasteiger partial charge in [-0.25, -0.2) is 14.8 Å². The molecule has 34 heavy (non-hydrogen) atoms. The normalized spacial score (nSPS) is 15.2. The van der Waals surface area contributed by atoms with Gasteiger partial charge in [-0.1, -0.05) is 6.07 Å². The number of benzene rings is 2. The van der Waals surface area contributed by atoms with Gasteiger partial charge in [0.2, 0.25) is 11.6 Å². The zero-order valence-corrected chi connectivity index (χ0v) is 18.3. The Balaban J connectivity index is 1.51. The molecule has 1 aliphatic heterocycles. The largest absolute Gasteiger partial charge is 0.491 e. The molecule has 0 fully saturated rings. The molecule has 0 aliphatic carbocycles. The van der Waals surface area contributed by atoms with Gasteiger partial charge in [0.05, 0.1) is 36.2 Å². The molecule has 1 atom stereocenters. The van der Waals surface area contributed by atoms with Crippen LogP contribution in [0.3, 0.4) is 0 Å². The van der Waals surface area contributed by atoms with Gasteiger partial charge in [-0.05, 0) is 36.0 Å². The van der Waals surface area contributed by atoms with Gasteiger partial charge in [0, 0.05) is 23.1 Å². The highest BCUT2D eigenvalue weighted by Gasteiger charge is 2.34. The van der Waals surface area contributed by atoms with Crippen LogP contribution in [0, 0.1) is 6.57 Å². The Bertz CT molecular complexity index is 1510. The molecular formula is C22H15F3N6O2S. The summed E-state index contributed by atoms with van der Waals surface area (Å²) in [4.78, 5) is 26.8. The van der Waals surface area contributed by atoms with Crippen molar-refractivity contribution in [1.29, 1.82) is 0 Å². The molecule has 2 aromatic carbocycles. The van der Waals surface area contributed by atoms with Crippen molar-refractivity contribution >= 4 is 45.7 Å². The molecule has 0 spiro atoms. The number of imidazole rings is 1. The van der Waals surface area contributed by atoms with Crippen molar-refractivity contribution in [3.05, 3.63) is 65.4 Å². The molecular weight excluding hydrogens is 469 g/mol. The van der Waals surface area contributed by atoms with Crippen molar-refractivity contribution in [1.82, 2.24) is 19.3 Å². The zero-order chi connectivity index (χ0) is 24.2. The van der Waals surface area contributed by atoms with Crippen LogP contribution in [0.5, 0.6) is 5.75 Å². The van der Waals surface area contributed by atoms with Crippen LogP contribution in [0.15, 0.2) is 47.8 Å². The summed E-state index contributed by atoms with van der Waals surface area (Å²) < 4.78 is 45.4. The highest BCUT2D eigenvalue weighted by Crippen LogP contribution is 2.43.